The number of nitrogens with zero attached hydrogens (tertiary/aromatic N) is 1. The van der Waals surface area contributed by atoms with Crippen LogP contribution in [0.2, 0.25) is 0 Å². The minimum Gasteiger partial charge on any atom is -0.327 e. The van der Waals surface area contributed by atoms with Crippen molar-refractivity contribution in [3.63, 3.8) is 0 Å². The molecule has 4 heteroatoms. The van der Waals surface area contributed by atoms with Crippen molar-refractivity contribution in [2.24, 2.45) is 0 Å². The van der Waals surface area contributed by atoms with Gasteiger partial charge in [0.25, 0.3) is 5.56 Å². The summed E-state index contributed by atoms with van der Waals surface area (Å²) in [5, 5.41) is 0.641. The number of aryl methyl sites for hydroxylation is 1. The van der Waals surface area contributed by atoms with Crippen LogP contribution in [0.15, 0.2) is 53.3 Å². The van der Waals surface area contributed by atoms with Gasteiger partial charge in [0, 0.05) is 5.56 Å². The second kappa shape index (κ2) is 6.12. The Morgan fingerprint density at radius 2 is 1.77 bits per heavy atom. The zero-order valence-corrected chi connectivity index (χ0v) is 12.9. The molecule has 0 fully saturated rings. The van der Waals surface area contributed by atoms with E-state index in [4.69, 9.17) is 0 Å². The lowest BCUT2D eigenvalue weighted by molar-refractivity contribution is -0.908. The molecule has 1 aromatic heterocycles. The molecule has 2 N–H and O–H groups in total. The van der Waals surface area contributed by atoms with Gasteiger partial charge in [0.05, 0.1) is 18.0 Å². The molecule has 22 heavy (non-hydrogen) atoms. The number of hydrogen-bond donors (Lipinski definition) is 2. The number of hydrogen-bond acceptors (Lipinski definition) is 2. The first-order valence-corrected chi connectivity index (χ1v) is 7.47. The van der Waals surface area contributed by atoms with E-state index in [0.717, 1.165) is 17.9 Å². The van der Waals surface area contributed by atoms with Gasteiger partial charge in [-0.05, 0) is 24.6 Å². The fourth-order valence-electron chi connectivity index (χ4n) is 2.70. The van der Waals surface area contributed by atoms with Gasteiger partial charge < -0.3 is 9.88 Å². The van der Waals surface area contributed by atoms with Gasteiger partial charge in [-0.15, -0.1) is 0 Å². The van der Waals surface area contributed by atoms with Crippen LogP contribution in [0.3, 0.4) is 0 Å². The largest absolute Gasteiger partial charge is 0.327 e. The smallest absolute Gasteiger partial charge is 0.258 e. The monoisotopic (exact) mass is 294 g/mol. The number of nitrogens with one attached hydrogen (secondary N) is 2. The van der Waals surface area contributed by atoms with Crippen LogP contribution in [-0.2, 0) is 13.1 Å². The number of fused-ring (bicyclic) bond motifs is 1. The summed E-state index contributed by atoms with van der Waals surface area (Å²) in [6.45, 7) is 3.72. The van der Waals surface area contributed by atoms with Crippen molar-refractivity contribution in [1.29, 1.82) is 0 Å². The SMILES string of the molecule is Cc1ccccc1C[NH+](C)Cc1nc2ccccc2c(=O)[nH]1. The Hall–Kier alpha value is -2.46. The Bertz CT molecular complexity index is 854. The lowest BCUT2D eigenvalue weighted by Crippen LogP contribution is -3.06. The molecule has 1 unspecified atom stereocenters. The average molecular weight is 294 g/mol. The van der Waals surface area contributed by atoms with E-state index in [0.29, 0.717) is 11.9 Å². The van der Waals surface area contributed by atoms with E-state index in [1.807, 2.05) is 18.2 Å². The molecule has 0 saturated heterocycles. The van der Waals surface area contributed by atoms with Crippen molar-refractivity contribution in [3.05, 3.63) is 75.8 Å². The first kappa shape index (κ1) is 14.5. The fraction of sp³-hybridized carbons (Fsp3) is 0.222. The Morgan fingerprint density at radius 3 is 2.59 bits per heavy atom. The number of H-pyrrole nitrogens is 1. The third kappa shape index (κ3) is 3.07. The number of aromatic amines is 1. The molecule has 3 rings (SSSR count). The van der Waals surface area contributed by atoms with Gasteiger partial charge in [-0.2, -0.15) is 0 Å². The lowest BCUT2D eigenvalue weighted by Gasteiger charge is -2.15. The molecule has 0 spiro atoms. The van der Waals surface area contributed by atoms with Crippen LogP contribution in [0.5, 0.6) is 0 Å². The summed E-state index contributed by atoms with van der Waals surface area (Å²) in [4.78, 5) is 20.8. The normalized spacial score (nSPS) is 12.5. The maximum Gasteiger partial charge on any atom is 0.258 e. The second-order valence-corrected chi connectivity index (χ2v) is 5.77. The highest BCUT2D eigenvalue weighted by atomic mass is 16.1. The summed E-state index contributed by atoms with van der Waals surface area (Å²) in [6, 6.07) is 15.8. The Balaban J connectivity index is 1.81. The summed E-state index contributed by atoms with van der Waals surface area (Å²) >= 11 is 0. The average Bonchev–Trinajstić information content (AvgIpc) is 2.49. The van der Waals surface area contributed by atoms with Crippen LogP contribution in [-0.4, -0.2) is 17.0 Å². The van der Waals surface area contributed by atoms with E-state index in [9.17, 15) is 4.79 Å². The van der Waals surface area contributed by atoms with Gasteiger partial charge >= 0.3 is 0 Å². The van der Waals surface area contributed by atoms with Crippen molar-refractivity contribution in [2.75, 3.05) is 7.05 Å². The van der Waals surface area contributed by atoms with Gasteiger partial charge in [-0.3, -0.25) is 4.79 Å². The minimum atomic E-state index is -0.0655. The van der Waals surface area contributed by atoms with E-state index in [2.05, 4.69) is 48.2 Å². The van der Waals surface area contributed by atoms with Gasteiger partial charge in [0.2, 0.25) is 0 Å². The van der Waals surface area contributed by atoms with Gasteiger partial charge in [-0.25, -0.2) is 4.98 Å². The minimum absolute atomic E-state index is 0.0655. The quantitative estimate of drug-likeness (QED) is 0.765. The maximum atomic E-state index is 12.1. The molecular formula is C18H20N3O+. The molecule has 3 aromatic rings. The predicted molar refractivity (Wildman–Crippen MR) is 87.8 cm³/mol. The topological polar surface area (TPSA) is 50.2 Å². The van der Waals surface area contributed by atoms with E-state index < -0.39 is 0 Å². The zero-order chi connectivity index (χ0) is 15.5. The highest BCUT2D eigenvalue weighted by Gasteiger charge is 2.10. The molecule has 0 aliphatic carbocycles. The standard InChI is InChI=1S/C18H19N3O/c1-13-7-3-4-8-14(13)11-21(2)12-17-19-16-10-6-5-9-15(16)18(22)20-17/h3-10H,11-12H2,1-2H3,(H,19,20,22)/p+1. The number of aromatic nitrogens is 2. The van der Waals surface area contributed by atoms with Crippen molar-refractivity contribution in [3.8, 4) is 0 Å². The van der Waals surface area contributed by atoms with Crippen molar-refractivity contribution < 1.29 is 4.90 Å². The third-order valence-corrected chi connectivity index (χ3v) is 3.88. The van der Waals surface area contributed by atoms with Gasteiger partial charge in [0.15, 0.2) is 5.82 Å². The van der Waals surface area contributed by atoms with Crippen LogP contribution < -0.4 is 10.5 Å². The fourth-order valence-corrected chi connectivity index (χ4v) is 2.70. The third-order valence-electron chi connectivity index (χ3n) is 3.88. The van der Waals surface area contributed by atoms with Crippen LogP contribution >= 0.6 is 0 Å². The first-order chi connectivity index (χ1) is 10.6. The molecule has 0 bridgehead atoms. The Labute approximate surface area is 129 Å². The highest BCUT2D eigenvalue weighted by Crippen LogP contribution is 2.06. The van der Waals surface area contributed by atoms with Gasteiger partial charge in [-0.1, -0.05) is 36.4 Å². The molecule has 112 valence electrons. The zero-order valence-electron chi connectivity index (χ0n) is 12.9. The van der Waals surface area contributed by atoms with Gasteiger partial charge in [0.1, 0.15) is 13.1 Å². The van der Waals surface area contributed by atoms with Crippen molar-refractivity contribution in [1.82, 2.24) is 9.97 Å². The molecule has 0 amide bonds. The highest BCUT2D eigenvalue weighted by molar-refractivity contribution is 5.77. The van der Waals surface area contributed by atoms with E-state index in [1.165, 1.54) is 16.0 Å². The van der Waals surface area contributed by atoms with Crippen LogP contribution in [0.1, 0.15) is 17.0 Å². The molecule has 1 heterocycles. The molecule has 0 radical (unpaired) electrons. The molecule has 0 aliphatic rings. The summed E-state index contributed by atoms with van der Waals surface area (Å²) in [5.74, 6) is 0.731. The summed E-state index contributed by atoms with van der Waals surface area (Å²) < 4.78 is 0. The Kier molecular flexibility index (Phi) is 4.02. The molecule has 0 aliphatic heterocycles. The maximum absolute atomic E-state index is 12.1. The second-order valence-electron chi connectivity index (χ2n) is 5.77. The number of para-hydroxylation sites is 1. The molecule has 2 aromatic carbocycles. The van der Waals surface area contributed by atoms with Crippen LogP contribution in [0.25, 0.3) is 10.9 Å². The molecular weight excluding hydrogens is 274 g/mol. The van der Waals surface area contributed by atoms with Crippen molar-refractivity contribution in [2.45, 2.75) is 20.0 Å². The lowest BCUT2D eigenvalue weighted by atomic mass is 10.1. The summed E-state index contributed by atoms with van der Waals surface area (Å²) in [7, 11) is 2.11. The Morgan fingerprint density at radius 1 is 1.05 bits per heavy atom. The van der Waals surface area contributed by atoms with Crippen LogP contribution in [0.4, 0.5) is 0 Å². The number of benzene rings is 2. The van der Waals surface area contributed by atoms with E-state index in [1.54, 1.807) is 6.07 Å². The van der Waals surface area contributed by atoms with E-state index in [-0.39, 0.29) is 5.56 Å². The predicted octanol–water partition coefficient (Wildman–Crippen LogP) is 1.45. The molecule has 4 nitrogen and oxygen atoms in total. The summed E-state index contributed by atoms with van der Waals surface area (Å²) in [6.07, 6.45) is 0. The summed E-state index contributed by atoms with van der Waals surface area (Å²) in [5.41, 5.74) is 3.30. The molecule has 1 atom stereocenters. The molecule has 0 saturated carbocycles. The van der Waals surface area contributed by atoms with Crippen LogP contribution in [0, 0.1) is 6.92 Å². The van der Waals surface area contributed by atoms with E-state index >= 15 is 0 Å². The number of rotatable bonds is 4. The number of quaternary nitrogens is 1. The first-order valence-electron chi connectivity index (χ1n) is 7.47. The van der Waals surface area contributed by atoms with Crippen molar-refractivity contribution >= 4 is 10.9 Å².